The number of nitrogens with zero attached hydrogens (tertiary/aromatic N) is 5. The van der Waals surface area contributed by atoms with Crippen molar-refractivity contribution >= 4 is 34.3 Å². The first kappa shape index (κ1) is 22.9. The highest BCUT2D eigenvalue weighted by Gasteiger charge is 2.17. The number of nitrogens with one attached hydrogen (secondary N) is 2. The molecule has 10 nitrogen and oxygen atoms in total. The second-order valence-corrected chi connectivity index (χ2v) is 7.85. The van der Waals surface area contributed by atoms with Crippen molar-refractivity contribution in [2.45, 2.75) is 6.92 Å². The summed E-state index contributed by atoms with van der Waals surface area (Å²) in [6.07, 6.45) is 1.45. The predicted molar refractivity (Wildman–Crippen MR) is 138 cm³/mol. The quantitative estimate of drug-likeness (QED) is 0.314. The molecule has 0 aliphatic rings. The number of hydrogen-bond acceptors (Lipinski definition) is 9. The van der Waals surface area contributed by atoms with Gasteiger partial charge >= 0.3 is 0 Å². The van der Waals surface area contributed by atoms with Crippen LogP contribution >= 0.6 is 0 Å². The topological polar surface area (TPSA) is 108 Å². The Hall–Kier alpha value is -4.86. The number of ether oxygens (including phenoxy) is 3. The average molecular weight is 484 g/mol. The number of rotatable bonds is 8. The van der Waals surface area contributed by atoms with Crippen LogP contribution in [0.2, 0.25) is 0 Å². The monoisotopic (exact) mass is 483 g/mol. The Morgan fingerprint density at radius 3 is 2.22 bits per heavy atom. The van der Waals surface area contributed by atoms with Gasteiger partial charge in [-0.2, -0.15) is 4.98 Å². The maximum Gasteiger partial charge on any atom is 0.241 e. The molecule has 5 aromatic rings. The molecule has 10 heteroatoms. The molecule has 0 amide bonds. The largest absolute Gasteiger partial charge is 0.493 e. The van der Waals surface area contributed by atoms with Gasteiger partial charge in [0.15, 0.2) is 11.5 Å². The molecule has 3 aromatic carbocycles. The molecule has 0 fully saturated rings. The third-order valence-electron chi connectivity index (χ3n) is 5.63. The fourth-order valence-electron chi connectivity index (χ4n) is 3.88. The summed E-state index contributed by atoms with van der Waals surface area (Å²) in [5.74, 6) is 2.87. The molecule has 2 heterocycles. The summed E-state index contributed by atoms with van der Waals surface area (Å²) in [4.78, 5) is 18.2. The number of hydrogen-bond donors (Lipinski definition) is 2. The van der Waals surface area contributed by atoms with E-state index in [1.165, 1.54) is 6.33 Å². The number of aryl methyl sites for hydroxylation is 1. The van der Waals surface area contributed by atoms with Crippen molar-refractivity contribution in [2.75, 3.05) is 32.0 Å². The lowest BCUT2D eigenvalue weighted by Gasteiger charge is -2.15. The van der Waals surface area contributed by atoms with Crippen LogP contribution < -0.4 is 24.8 Å². The maximum absolute atomic E-state index is 5.45. The highest BCUT2D eigenvalue weighted by molar-refractivity contribution is 5.81. The molecule has 0 radical (unpaired) electrons. The SMILES string of the molecule is COc1cc(Nc2ncnc(-n3c(Nc4ccccc4C)nc4ccccc43)n2)cc(OC)c1OC. The van der Waals surface area contributed by atoms with Gasteiger partial charge in [-0.1, -0.05) is 30.3 Å². The standard InChI is InChI=1S/C26H25N7O3/c1-16-9-5-6-10-18(16)30-26-31-19-11-7-8-12-20(19)33(26)25-28-15-27-24(32-25)29-17-13-21(34-2)23(36-4)22(14-17)35-3/h5-15H,1-4H3,(H,30,31)(H,27,28,29,32). The van der Waals surface area contributed by atoms with Gasteiger partial charge in [0, 0.05) is 23.5 Å². The Morgan fingerprint density at radius 2 is 1.50 bits per heavy atom. The van der Waals surface area contributed by atoms with E-state index in [9.17, 15) is 0 Å². The molecule has 0 spiro atoms. The molecule has 0 aliphatic heterocycles. The molecule has 36 heavy (non-hydrogen) atoms. The summed E-state index contributed by atoms with van der Waals surface area (Å²) in [6, 6.07) is 19.4. The van der Waals surface area contributed by atoms with Gasteiger partial charge < -0.3 is 24.8 Å². The Labute approximate surface area is 207 Å². The third-order valence-corrected chi connectivity index (χ3v) is 5.63. The molecular weight excluding hydrogens is 458 g/mol. The zero-order chi connectivity index (χ0) is 25.1. The van der Waals surface area contributed by atoms with E-state index in [0.717, 1.165) is 22.3 Å². The van der Waals surface area contributed by atoms with Gasteiger partial charge in [0.2, 0.25) is 23.6 Å². The maximum atomic E-state index is 5.45. The van der Waals surface area contributed by atoms with E-state index in [0.29, 0.717) is 40.8 Å². The summed E-state index contributed by atoms with van der Waals surface area (Å²) in [5.41, 5.74) is 4.37. The first-order valence-corrected chi connectivity index (χ1v) is 11.2. The number of benzene rings is 3. The number of imidazole rings is 1. The van der Waals surface area contributed by atoms with Gasteiger partial charge in [-0.05, 0) is 30.7 Å². The Balaban J connectivity index is 1.56. The van der Waals surface area contributed by atoms with Crippen molar-refractivity contribution in [3.05, 3.63) is 72.6 Å². The first-order chi connectivity index (χ1) is 17.6. The molecule has 2 aromatic heterocycles. The van der Waals surface area contributed by atoms with Crippen molar-refractivity contribution in [3.8, 4) is 23.2 Å². The summed E-state index contributed by atoms with van der Waals surface area (Å²) < 4.78 is 18.2. The van der Waals surface area contributed by atoms with Crippen LogP contribution in [0.5, 0.6) is 17.2 Å². The van der Waals surface area contributed by atoms with Gasteiger partial charge in [0.1, 0.15) is 6.33 Å². The highest BCUT2D eigenvalue weighted by atomic mass is 16.5. The average Bonchev–Trinajstić information content (AvgIpc) is 3.27. The summed E-state index contributed by atoms with van der Waals surface area (Å²) in [7, 11) is 4.69. The summed E-state index contributed by atoms with van der Waals surface area (Å²) >= 11 is 0. The zero-order valence-corrected chi connectivity index (χ0v) is 20.3. The van der Waals surface area contributed by atoms with E-state index in [-0.39, 0.29) is 0 Å². The fraction of sp³-hybridized carbons (Fsp3) is 0.154. The Morgan fingerprint density at radius 1 is 0.778 bits per heavy atom. The minimum absolute atomic E-state index is 0.342. The van der Waals surface area contributed by atoms with Crippen molar-refractivity contribution < 1.29 is 14.2 Å². The minimum atomic E-state index is 0.342. The van der Waals surface area contributed by atoms with Crippen LogP contribution in [0.25, 0.3) is 17.0 Å². The summed E-state index contributed by atoms with van der Waals surface area (Å²) in [5, 5.41) is 6.63. The second-order valence-electron chi connectivity index (χ2n) is 7.85. The molecule has 0 aliphatic carbocycles. The van der Waals surface area contributed by atoms with Crippen LogP contribution in [0, 0.1) is 6.92 Å². The number of methoxy groups -OCH3 is 3. The number of para-hydroxylation sites is 3. The molecule has 0 bridgehead atoms. The van der Waals surface area contributed by atoms with E-state index in [2.05, 4.69) is 25.6 Å². The highest BCUT2D eigenvalue weighted by Crippen LogP contribution is 2.40. The summed E-state index contributed by atoms with van der Waals surface area (Å²) in [6.45, 7) is 2.04. The van der Waals surface area contributed by atoms with Gasteiger partial charge in [-0.3, -0.25) is 0 Å². The van der Waals surface area contributed by atoms with Crippen LogP contribution in [-0.4, -0.2) is 45.8 Å². The molecule has 0 unspecified atom stereocenters. The van der Waals surface area contributed by atoms with Crippen LogP contribution in [0.15, 0.2) is 67.0 Å². The molecular formula is C26H25N7O3. The number of anilines is 4. The van der Waals surface area contributed by atoms with E-state index in [4.69, 9.17) is 19.2 Å². The Bertz CT molecular complexity index is 1510. The molecule has 0 saturated carbocycles. The van der Waals surface area contributed by atoms with Gasteiger partial charge in [0.05, 0.1) is 32.4 Å². The van der Waals surface area contributed by atoms with Gasteiger partial charge in [-0.25, -0.2) is 19.5 Å². The second kappa shape index (κ2) is 9.79. The van der Waals surface area contributed by atoms with Crippen molar-refractivity contribution in [3.63, 3.8) is 0 Å². The lowest BCUT2D eigenvalue weighted by molar-refractivity contribution is 0.324. The van der Waals surface area contributed by atoms with Crippen molar-refractivity contribution in [2.24, 2.45) is 0 Å². The van der Waals surface area contributed by atoms with Crippen LogP contribution in [0.4, 0.5) is 23.3 Å². The lowest BCUT2D eigenvalue weighted by atomic mass is 10.2. The van der Waals surface area contributed by atoms with Crippen LogP contribution in [0.1, 0.15) is 5.56 Å². The first-order valence-electron chi connectivity index (χ1n) is 11.2. The van der Waals surface area contributed by atoms with E-state index in [1.54, 1.807) is 33.5 Å². The molecule has 5 rings (SSSR count). The van der Waals surface area contributed by atoms with Crippen LogP contribution in [0.3, 0.4) is 0 Å². The lowest BCUT2D eigenvalue weighted by Crippen LogP contribution is -2.09. The Kier molecular flexibility index (Phi) is 6.23. The third kappa shape index (κ3) is 4.31. The van der Waals surface area contributed by atoms with Crippen molar-refractivity contribution in [1.82, 2.24) is 24.5 Å². The van der Waals surface area contributed by atoms with Gasteiger partial charge in [-0.15, -0.1) is 0 Å². The molecule has 182 valence electrons. The van der Waals surface area contributed by atoms with Crippen molar-refractivity contribution in [1.29, 1.82) is 0 Å². The molecule has 0 atom stereocenters. The van der Waals surface area contributed by atoms with Crippen LogP contribution in [-0.2, 0) is 0 Å². The van der Waals surface area contributed by atoms with Gasteiger partial charge in [0.25, 0.3) is 0 Å². The predicted octanol–water partition coefficient (Wildman–Crippen LogP) is 5.03. The zero-order valence-electron chi connectivity index (χ0n) is 20.3. The van der Waals surface area contributed by atoms with E-state index < -0.39 is 0 Å². The fourth-order valence-corrected chi connectivity index (χ4v) is 3.88. The normalized spacial score (nSPS) is 10.8. The number of aromatic nitrogens is 5. The molecule has 0 saturated heterocycles. The number of fused-ring (bicyclic) bond motifs is 1. The smallest absolute Gasteiger partial charge is 0.241 e. The molecule has 2 N–H and O–H groups in total. The minimum Gasteiger partial charge on any atom is -0.493 e. The van der Waals surface area contributed by atoms with E-state index >= 15 is 0 Å². The van der Waals surface area contributed by atoms with E-state index in [1.807, 2.05) is 60.0 Å².